The number of aliphatic hydroxyl groups excluding tert-OH is 2. The standard InChI is InChI=1S/C15H22N6O5S/c1-2-27(4-3-7(16)14(24)25)15-10(23)9(22)13(26-15)21-6-20-8-11(17)18-5-19-12(8)21/h5-7,9-10,13,15,22-23H,2-4,16H2,1H3,(H2-,17,18,19,24,25)/t7?,9-,10+,13-,15-,27?/m1/s1. The van der Waals surface area contributed by atoms with E-state index >= 15 is 0 Å². The van der Waals surface area contributed by atoms with Crippen molar-refractivity contribution < 1.29 is 24.9 Å². The molecule has 12 heteroatoms. The van der Waals surface area contributed by atoms with Gasteiger partial charge in [0.15, 0.2) is 23.8 Å². The Balaban J connectivity index is 1.80. The number of nitrogen functional groups attached to an aromatic ring is 1. The van der Waals surface area contributed by atoms with Gasteiger partial charge in [-0.25, -0.2) is 15.0 Å². The number of ether oxygens (including phenoxy) is 1. The van der Waals surface area contributed by atoms with Gasteiger partial charge in [0.05, 0.1) is 12.3 Å². The third kappa shape index (κ3) is 3.71. The van der Waals surface area contributed by atoms with Crippen LogP contribution in [-0.2, 0) is 20.4 Å². The molecule has 27 heavy (non-hydrogen) atoms. The average molecular weight is 398 g/mol. The smallest absolute Gasteiger partial charge is 0.248 e. The molecule has 1 aliphatic rings. The van der Waals surface area contributed by atoms with Gasteiger partial charge in [-0.15, -0.1) is 0 Å². The number of carbonyl (C=O) groups excluding carboxylic acids is 1. The quantitative estimate of drug-likeness (QED) is 0.352. The summed E-state index contributed by atoms with van der Waals surface area (Å²) in [7, 11) is -0.510. The van der Waals surface area contributed by atoms with Gasteiger partial charge < -0.3 is 36.3 Å². The van der Waals surface area contributed by atoms with E-state index in [2.05, 4.69) is 15.0 Å². The first-order valence-electron chi connectivity index (χ1n) is 8.42. The number of imidazole rings is 1. The van der Waals surface area contributed by atoms with Gasteiger partial charge in [0.25, 0.3) is 0 Å². The summed E-state index contributed by atoms with van der Waals surface area (Å²) in [5.41, 5.74) is 11.4. The minimum absolute atomic E-state index is 0.199. The normalized spacial score (nSPS) is 27.7. The molecule has 2 aromatic rings. The van der Waals surface area contributed by atoms with E-state index in [1.165, 1.54) is 17.2 Å². The van der Waals surface area contributed by atoms with Gasteiger partial charge in [-0.3, -0.25) is 4.57 Å². The second kappa shape index (κ2) is 7.94. The Morgan fingerprint density at radius 2 is 2.15 bits per heavy atom. The Morgan fingerprint density at radius 1 is 1.41 bits per heavy atom. The zero-order valence-electron chi connectivity index (χ0n) is 14.6. The van der Waals surface area contributed by atoms with Gasteiger partial charge in [-0.2, -0.15) is 0 Å². The molecular formula is C15H22N6O5S. The second-order valence-electron chi connectivity index (χ2n) is 6.20. The van der Waals surface area contributed by atoms with Crippen LogP contribution < -0.4 is 16.6 Å². The molecule has 6 N–H and O–H groups in total. The number of anilines is 1. The number of carbonyl (C=O) groups is 1. The zero-order valence-corrected chi connectivity index (χ0v) is 15.5. The first-order chi connectivity index (χ1) is 12.8. The predicted molar refractivity (Wildman–Crippen MR) is 96.0 cm³/mol. The highest BCUT2D eigenvalue weighted by atomic mass is 32.2. The topological polar surface area (TPSA) is 185 Å². The number of aliphatic carboxylic acids is 1. The van der Waals surface area contributed by atoms with Crippen molar-refractivity contribution in [3.63, 3.8) is 0 Å². The Labute approximate surface area is 157 Å². The SMILES string of the molecule is CC[S+](CCC(N)C(=O)[O-])[C@H]1O[C@@H](n2cnc3c(N)ncnc32)[C@H](O)[C@@H]1O. The lowest BCUT2D eigenvalue weighted by Gasteiger charge is -2.18. The number of aromatic nitrogens is 4. The number of rotatable bonds is 7. The Morgan fingerprint density at radius 3 is 2.81 bits per heavy atom. The van der Waals surface area contributed by atoms with Gasteiger partial charge in [0.2, 0.25) is 5.44 Å². The second-order valence-corrected chi connectivity index (χ2v) is 8.73. The van der Waals surface area contributed by atoms with E-state index in [-0.39, 0.29) is 12.2 Å². The van der Waals surface area contributed by atoms with Crippen molar-refractivity contribution in [2.75, 3.05) is 17.2 Å². The highest BCUT2D eigenvalue weighted by Gasteiger charge is 2.52. The van der Waals surface area contributed by atoms with Crippen LogP contribution in [0.25, 0.3) is 11.2 Å². The van der Waals surface area contributed by atoms with Crippen molar-refractivity contribution >= 4 is 33.8 Å². The Hall–Kier alpha value is -1.99. The Kier molecular flexibility index (Phi) is 5.81. The molecule has 0 amide bonds. The van der Waals surface area contributed by atoms with Crippen LogP contribution in [0.3, 0.4) is 0 Å². The molecule has 0 aliphatic carbocycles. The molecular weight excluding hydrogens is 376 g/mol. The summed E-state index contributed by atoms with van der Waals surface area (Å²) in [6.45, 7) is 1.91. The minimum Gasteiger partial charge on any atom is -0.548 e. The van der Waals surface area contributed by atoms with Crippen LogP contribution >= 0.6 is 0 Å². The van der Waals surface area contributed by atoms with E-state index in [1.54, 1.807) is 0 Å². The molecule has 0 saturated carbocycles. The fourth-order valence-corrected chi connectivity index (χ4v) is 5.24. The van der Waals surface area contributed by atoms with E-state index < -0.39 is 46.8 Å². The lowest BCUT2D eigenvalue weighted by Crippen LogP contribution is -2.44. The third-order valence-electron chi connectivity index (χ3n) is 4.55. The number of carboxylic acids is 1. The molecule has 11 nitrogen and oxygen atoms in total. The number of hydrogen-bond donors (Lipinski definition) is 4. The maximum absolute atomic E-state index is 10.8. The van der Waals surface area contributed by atoms with E-state index in [9.17, 15) is 20.1 Å². The van der Waals surface area contributed by atoms with Gasteiger partial charge >= 0.3 is 0 Å². The number of hydrogen-bond acceptors (Lipinski definition) is 10. The molecule has 6 atom stereocenters. The molecule has 2 unspecified atom stereocenters. The molecule has 0 radical (unpaired) electrons. The number of fused-ring (bicyclic) bond motifs is 1. The van der Waals surface area contributed by atoms with Crippen LogP contribution in [0.5, 0.6) is 0 Å². The van der Waals surface area contributed by atoms with Crippen molar-refractivity contribution in [3.8, 4) is 0 Å². The maximum Gasteiger partial charge on any atom is 0.248 e. The number of nitrogens with zero attached hydrogens (tertiary/aromatic N) is 4. The maximum atomic E-state index is 10.8. The van der Waals surface area contributed by atoms with Crippen molar-refractivity contribution in [2.24, 2.45) is 5.73 Å². The van der Waals surface area contributed by atoms with Gasteiger partial charge in [-0.1, -0.05) is 0 Å². The first-order valence-corrected chi connectivity index (χ1v) is 10.0. The van der Waals surface area contributed by atoms with E-state index in [1.807, 2.05) is 6.92 Å². The van der Waals surface area contributed by atoms with Crippen LogP contribution in [0, 0.1) is 0 Å². The lowest BCUT2D eigenvalue weighted by molar-refractivity contribution is -0.307. The number of aliphatic hydroxyl groups is 2. The third-order valence-corrected chi connectivity index (χ3v) is 7.10. The molecule has 2 aromatic heterocycles. The first kappa shape index (κ1) is 19.8. The molecule has 3 rings (SSSR count). The van der Waals surface area contributed by atoms with Crippen LogP contribution in [0.4, 0.5) is 5.82 Å². The average Bonchev–Trinajstić information content (AvgIpc) is 3.19. The summed E-state index contributed by atoms with van der Waals surface area (Å²) < 4.78 is 7.46. The van der Waals surface area contributed by atoms with Crippen LogP contribution in [0.15, 0.2) is 12.7 Å². The van der Waals surface area contributed by atoms with Crippen molar-refractivity contribution in [2.45, 2.75) is 43.3 Å². The molecule has 1 saturated heterocycles. The minimum atomic E-state index is -1.32. The van der Waals surface area contributed by atoms with E-state index in [0.29, 0.717) is 22.7 Å². The Bertz CT molecular complexity index is 819. The highest BCUT2D eigenvalue weighted by Crippen LogP contribution is 2.35. The van der Waals surface area contributed by atoms with E-state index in [0.717, 1.165) is 0 Å². The van der Waals surface area contributed by atoms with Crippen LogP contribution in [0.2, 0.25) is 0 Å². The predicted octanol–water partition coefficient (Wildman–Crippen LogP) is -2.91. The molecule has 3 heterocycles. The molecule has 1 fully saturated rings. The molecule has 1 aliphatic heterocycles. The zero-order chi connectivity index (χ0) is 19.7. The summed E-state index contributed by atoms with van der Waals surface area (Å²) in [5.74, 6) is -0.0385. The van der Waals surface area contributed by atoms with Gasteiger partial charge in [0, 0.05) is 23.4 Å². The summed E-state index contributed by atoms with van der Waals surface area (Å²) in [5, 5.41) is 31.8. The van der Waals surface area contributed by atoms with Crippen molar-refractivity contribution in [3.05, 3.63) is 12.7 Å². The molecule has 0 bridgehead atoms. The summed E-state index contributed by atoms with van der Waals surface area (Å²) in [6, 6.07) is -1.08. The van der Waals surface area contributed by atoms with Gasteiger partial charge in [0.1, 0.15) is 29.5 Å². The largest absolute Gasteiger partial charge is 0.548 e. The monoisotopic (exact) mass is 398 g/mol. The van der Waals surface area contributed by atoms with Crippen LogP contribution in [0.1, 0.15) is 19.6 Å². The summed E-state index contributed by atoms with van der Waals surface area (Å²) in [4.78, 5) is 22.9. The number of carboxylic acid groups (broad SMARTS) is 1. The molecule has 148 valence electrons. The summed E-state index contributed by atoms with van der Waals surface area (Å²) >= 11 is 0. The molecule has 0 spiro atoms. The van der Waals surface area contributed by atoms with Gasteiger partial charge in [-0.05, 0) is 6.92 Å². The van der Waals surface area contributed by atoms with Crippen LogP contribution in [-0.4, -0.2) is 70.9 Å². The van der Waals surface area contributed by atoms with E-state index in [4.69, 9.17) is 16.2 Å². The number of nitrogens with two attached hydrogens (primary N) is 2. The fraction of sp³-hybridized carbons (Fsp3) is 0.600. The molecule has 0 aromatic carbocycles. The highest BCUT2D eigenvalue weighted by molar-refractivity contribution is 7.97. The summed E-state index contributed by atoms with van der Waals surface area (Å²) in [6.07, 6.45) is -0.350. The van der Waals surface area contributed by atoms with Crippen molar-refractivity contribution in [1.29, 1.82) is 0 Å². The fourth-order valence-electron chi connectivity index (χ4n) is 3.01. The lowest BCUT2D eigenvalue weighted by atomic mass is 10.2. The van der Waals surface area contributed by atoms with Crippen molar-refractivity contribution in [1.82, 2.24) is 19.5 Å².